The van der Waals surface area contributed by atoms with E-state index < -0.39 is 183 Å². The fourth-order valence-corrected chi connectivity index (χ4v) is 10.0. The number of phosphoric ester groups is 1. The van der Waals surface area contributed by atoms with Crippen molar-refractivity contribution < 1.29 is 91.4 Å². The van der Waals surface area contributed by atoms with Gasteiger partial charge in [-0.25, -0.2) is 4.57 Å². The Morgan fingerprint density at radius 1 is 0.644 bits per heavy atom. The van der Waals surface area contributed by atoms with Gasteiger partial charge >= 0.3 is 13.8 Å². The number of rotatable bonds is 18. The summed E-state index contributed by atoms with van der Waals surface area (Å²) in [5, 5.41) is 44.1. The lowest BCUT2D eigenvalue weighted by molar-refractivity contribution is -0.139. The normalized spacial score (nSPS) is 23.6. The van der Waals surface area contributed by atoms with Gasteiger partial charge in [0.1, 0.15) is 65.9 Å². The van der Waals surface area contributed by atoms with Crippen LogP contribution in [0.3, 0.4) is 0 Å². The number of aliphatic carboxylic acids is 1. The smallest absolute Gasteiger partial charge is 0.508 e. The van der Waals surface area contributed by atoms with Crippen LogP contribution >= 0.6 is 31.3 Å². The average molecular weight is 1280 g/mol. The van der Waals surface area contributed by atoms with Crippen molar-refractivity contribution >= 4 is 108 Å². The summed E-state index contributed by atoms with van der Waals surface area (Å²) in [6.07, 6.45) is -1.39. The molecule has 18 N–H and O–H groups in total. The van der Waals surface area contributed by atoms with Crippen LogP contribution in [-0.4, -0.2) is 181 Å². The largest absolute Gasteiger partial charge is 0.524 e. The Labute approximate surface area is 509 Å². The highest BCUT2D eigenvalue weighted by Crippen LogP contribution is 2.37. The van der Waals surface area contributed by atoms with E-state index >= 15 is 0 Å². The van der Waals surface area contributed by atoms with E-state index in [9.17, 15) is 86.9 Å². The van der Waals surface area contributed by atoms with Gasteiger partial charge in [0.25, 0.3) is 0 Å². The van der Waals surface area contributed by atoms with Crippen molar-refractivity contribution in [2.24, 2.45) is 23.3 Å². The molecule has 0 aliphatic carbocycles. The molecule has 0 spiro atoms. The monoisotopic (exact) mass is 1280 g/mol. The fraction of sp³-hybridized carbons (Fsp3) is 0.528. The lowest BCUT2D eigenvalue weighted by atomic mass is 10.00. The molecule has 1 aliphatic rings. The SMILES string of the molecule is CSCC[C@@H]1NC(=O)CNC(=O)[C@H](C(C)C)NC(=O)[C@H](CC(N)=O)NC(=O)[C@H](CCC(=O)O)NC(=O)[C@H](Cc2ccc(OP(=O)(O)O)cc2)NC(=O)[C@H](CC(C)C)NC(=O)[C@H](C)NC(=O)CSC[C@@H](C(N)=O)NC(=O)[C@H](Cc2ccc(O)cc2)NC1=O. The van der Waals surface area contributed by atoms with Crippen LogP contribution in [-0.2, 0) is 79.7 Å². The number of hydrogen-bond acceptors (Lipinski definition) is 18. The van der Waals surface area contributed by atoms with Crippen LogP contribution in [0.25, 0.3) is 0 Å². The van der Waals surface area contributed by atoms with Gasteiger partial charge in [-0.15, -0.1) is 11.8 Å². The van der Waals surface area contributed by atoms with Crippen molar-refractivity contribution in [3.05, 3.63) is 59.7 Å². The third kappa shape index (κ3) is 27.1. The lowest BCUT2D eigenvalue weighted by Crippen LogP contribution is -2.61. The first-order valence-electron chi connectivity index (χ1n) is 27.2. The number of thioether (sulfide) groups is 2. The summed E-state index contributed by atoms with van der Waals surface area (Å²) in [6, 6.07) is -3.57. The first-order chi connectivity index (χ1) is 40.7. The number of primary amides is 2. The maximum absolute atomic E-state index is 14.4. The Balaban J connectivity index is 2.15. The minimum Gasteiger partial charge on any atom is -0.508 e. The topological polar surface area (TPSA) is 501 Å². The molecule has 0 saturated carbocycles. The Hall–Kier alpha value is -8.00. The van der Waals surface area contributed by atoms with Crippen molar-refractivity contribution in [2.75, 3.05) is 30.1 Å². The van der Waals surface area contributed by atoms with Gasteiger partial charge in [-0.2, -0.15) is 11.8 Å². The van der Waals surface area contributed by atoms with Crippen LogP contribution in [0.2, 0.25) is 0 Å². The molecule has 9 atom stereocenters. The molecule has 1 fully saturated rings. The van der Waals surface area contributed by atoms with Gasteiger partial charge in [0.05, 0.1) is 18.7 Å². The molecule has 1 saturated heterocycles. The zero-order chi connectivity index (χ0) is 65.3. The van der Waals surface area contributed by atoms with Crippen LogP contribution in [0.15, 0.2) is 48.5 Å². The first kappa shape index (κ1) is 73.3. The molecule has 2 aromatic rings. The summed E-state index contributed by atoms with van der Waals surface area (Å²) < 4.78 is 16.1. The second-order valence-corrected chi connectivity index (χ2v) is 24.1. The van der Waals surface area contributed by atoms with Crippen molar-refractivity contribution in [3.8, 4) is 11.5 Å². The molecule has 0 aromatic heterocycles. The standard InChI is InChI=1S/C53H77N12O19PS2/c1-26(2)19-35-49(76)62-36(21-30-9-13-32(14-10-30)84-85(81,82)83)50(77)59-33(15-16-43(70)71)47(74)63-38(22-40(54)67)52(79)65-44(27(3)4)53(80)56-23-41(68)58-34(17-18-86-6)48(75)61-37(20-29-7-11-31(66)12-8-29)51(78)64-39(45(55)72)24-87-25-42(69)57-28(5)46(73)60-35/h7-14,26-28,33-39,44,66H,15-25H2,1-6H3,(H2,54,67)(H2,55,72)(H,56,80)(H,57,69)(H,58,68)(H,59,77)(H,60,73)(H,61,75)(H,62,76)(H,63,74)(H,64,78)(H,65,79)(H,70,71)(H2,81,82,83)/t28-,33-,34-,35-,36-,37-,38-,39-,44-/m0/s1. The zero-order valence-electron chi connectivity index (χ0n) is 48.6. The minimum atomic E-state index is -5.02. The van der Waals surface area contributed by atoms with Crippen LogP contribution in [0.1, 0.15) is 77.8 Å². The van der Waals surface area contributed by atoms with E-state index in [1.54, 1.807) is 20.1 Å². The van der Waals surface area contributed by atoms with Crippen LogP contribution in [0, 0.1) is 11.8 Å². The van der Waals surface area contributed by atoms with Gasteiger partial charge in [-0.1, -0.05) is 52.0 Å². The van der Waals surface area contributed by atoms with Gasteiger partial charge < -0.3 is 79.4 Å². The van der Waals surface area contributed by atoms with Gasteiger partial charge in [0.15, 0.2) is 0 Å². The highest BCUT2D eigenvalue weighted by Gasteiger charge is 2.36. The highest BCUT2D eigenvalue weighted by atomic mass is 32.2. The summed E-state index contributed by atoms with van der Waals surface area (Å²) in [4.78, 5) is 195. The number of phenolic OH excluding ortho intramolecular Hbond substituents is 1. The van der Waals surface area contributed by atoms with E-state index in [4.69, 9.17) is 11.5 Å². The Kier molecular flexibility index (Phi) is 30.0. The average Bonchev–Trinajstić information content (AvgIpc) is 2.76. The van der Waals surface area contributed by atoms with E-state index in [-0.39, 0.29) is 48.0 Å². The van der Waals surface area contributed by atoms with E-state index in [2.05, 4.69) is 57.7 Å². The minimum absolute atomic E-state index is 0.00780. The molecular weight excluding hydrogens is 1200 g/mol. The number of phosphoric acid groups is 1. The van der Waals surface area contributed by atoms with Crippen LogP contribution in [0.5, 0.6) is 11.5 Å². The van der Waals surface area contributed by atoms with E-state index in [0.717, 1.165) is 23.9 Å². The number of amides is 12. The molecule has 2 aromatic carbocycles. The van der Waals surface area contributed by atoms with E-state index in [1.165, 1.54) is 68.9 Å². The Morgan fingerprint density at radius 3 is 1.66 bits per heavy atom. The van der Waals surface area contributed by atoms with Crippen molar-refractivity contribution in [2.45, 2.75) is 134 Å². The highest BCUT2D eigenvalue weighted by molar-refractivity contribution is 8.00. The molecule has 0 unspecified atom stereocenters. The first-order valence-corrected chi connectivity index (χ1v) is 31.3. The molecule has 0 bridgehead atoms. The van der Waals surface area contributed by atoms with E-state index in [0.29, 0.717) is 11.3 Å². The maximum atomic E-state index is 14.4. The molecule has 87 heavy (non-hydrogen) atoms. The van der Waals surface area contributed by atoms with Crippen LogP contribution < -0.4 is 69.2 Å². The molecule has 34 heteroatoms. The third-order valence-corrected chi connectivity index (χ3v) is 14.9. The molecule has 1 heterocycles. The maximum Gasteiger partial charge on any atom is 0.524 e. The summed E-state index contributed by atoms with van der Waals surface area (Å²) >= 11 is 2.13. The van der Waals surface area contributed by atoms with Gasteiger partial charge in [-0.3, -0.25) is 72.1 Å². The second-order valence-electron chi connectivity index (χ2n) is 21.0. The van der Waals surface area contributed by atoms with Gasteiger partial charge in [0, 0.05) is 25.0 Å². The quantitative estimate of drug-likeness (QED) is 0.0646. The molecule has 480 valence electrons. The Bertz CT molecular complexity index is 2850. The third-order valence-electron chi connectivity index (χ3n) is 12.8. The number of carboxylic acids is 1. The summed E-state index contributed by atoms with van der Waals surface area (Å²) in [7, 11) is -5.02. The van der Waals surface area contributed by atoms with Crippen molar-refractivity contribution in [1.82, 2.24) is 53.2 Å². The number of carboxylic acid groups (broad SMARTS) is 1. The number of phenols is 1. The van der Waals surface area contributed by atoms with Crippen molar-refractivity contribution in [3.63, 3.8) is 0 Å². The molecule has 0 radical (unpaired) electrons. The Morgan fingerprint density at radius 2 is 1.14 bits per heavy atom. The number of aromatic hydroxyl groups is 1. The summed E-state index contributed by atoms with van der Waals surface area (Å²) in [5.74, 6) is -15.4. The van der Waals surface area contributed by atoms with Gasteiger partial charge in [-0.05, 0) is 85.4 Å². The van der Waals surface area contributed by atoms with Crippen molar-refractivity contribution in [1.29, 1.82) is 0 Å². The molecular formula is C53H77N12O19PS2. The van der Waals surface area contributed by atoms with E-state index in [1.807, 2.05) is 0 Å². The number of carbonyl (C=O) groups is 13. The zero-order valence-corrected chi connectivity index (χ0v) is 51.1. The molecule has 12 amide bonds. The number of benzene rings is 2. The molecule has 1 aliphatic heterocycles. The van der Waals surface area contributed by atoms with Crippen LogP contribution in [0.4, 0.5) is 0 Å². The van der Waals surface area contributed by atoms with Gasteiger partial charge in [0.2, 0.25) is 70.9 Å². The number of nitrogens with two attached hydrogens (primary N) is 2. The second kappa shape index (κ2) is 35.6. The molecule has 31 nitrogen and oxygen atoms in total. The number of carbonyl (C=O) groups excluding carboxylic acids is 12. The number of hydrogen-bond donors (Lipinski definition) is 16. The fourth-order valence-electron chi connectivity index (χ4n) is 8.28. The molecule has 3 rings (SSSR count). The number of nitrogens with one attached hydrogen (secondary N) is 10. The summed E-state index contributed by atoms with van der Waals surface area (Å²) in [5.41, 5.74) is 11.8. The predicted molar refractivity (Wildman–Crippen MR) is 315 cm³/mol. The summed E-state index contributed by atoms with van der Waals surface area (Å²) in [6.45, 7) is 6.89. The lowest BCUT2D eigenvalue weighted by Gasteiger charge is -2.28. The predicted octanol–water partition coefficient (Wildman–Crippen LogP) is -3.42.